The summed E-state index contributed by atoms with van der Waals surface area (Å²) in [4.78, 5) is 28.8. The van der Waals surface area contributed by atoms with E-state index in [0.717, 1.165) is 24.3 Å². The maximum Gasteiger partial charge on any atom is 0.270 e. The molecule has 0 aliphatic heterocycles. The number of hydrogen-bond donors (Lipinski definition) is 1. The van der Waals surface area contributed by atoms with Crippen LogP contribution in [0.1, 0.15) is 54.4 Å². The molecule has 1 amide bonds. The van der Waals surface area contributed by atoms with Crippen molar-refractivity contribution < 1.29 is 4.79 Å². The van der Waals surface area contributed by atoms with Crippen LogP contribution < -0.4 is 10.9 Å². The smallest absolute Gasteiger partial charge is 0.270 e. The topological polar surface area (TPSA) is 63.5 Å². The van der Waals surface area contributed by atoms with Crippen LogP contribution in [-0.2, 0) is 0 Å². The summed E-state index contributed by atoms with van der Waals surface area (Å²) in [5.74, 6) is 0.493. The van der Waals surface area contributed by atoms with Crippen molar-refractivity contribution >= 4 is 11.6 Å². The Balaban J connectivity index is 1.63. The SMILES string of the molecule is Cc1ccc2ncc(C(=O)NCCCC3CCCC3)c(=O)n2c1. The molecule has 0 aromatic carbocycles. The van der Waals surface area contributed by atoms with Gasteiger partial charge in [-0.2, -0.15) is 0 Å². The third kappa shape index (κ3) is 3.60. The number of carbonyl (C=O) groups excluding carboxylic acids is 1. The molecule has 122 valence electrons. The Hall–Kier alpha value is -2.17. The van der Waals surface area contributed by atoms with Crippen LogP contribution in [0.3, 0.4) is 0 Å². The van der Waals surface area contributed by atoms with Gasteiger partial charge in [-0.25, -0.2) is 4.98 Å². The Labute approximate surface area is 135 Å². The summed E-state index contributed by atoms with van der Waals surface area (Å²) in [6, 6.07) is 3.67. The Morgan fingerprint density at radius 2 is 2.13 bits per heavy atom. The first-order chi connectivity index (χ1) is 11.1. The average Bonchev–Trinajstić information content (AvgIpc) is 3.05. The van der Waals surface area contributed by atoms with Crippen molar-refractivity contribution in [1.29, 1.82) is 0 Å². The maximum atomic E-state index is 12.4. The van der Waals surface area contributed by atoms with E-state index in [2.05, 4.69) is 10.3 Å². The summed E-state index contributed by atoms with van der Waals surface area (Å²) in [5, 5.41) is 2.85. The molecule has 1 aliphatic carbocycles. The van der Waals surface area contributed by atoms with Gasteiger partial charge in [0.25, 0.3) is 11.5 Å². The van der Waals surface area contributed by atoms with Gasteiger partial charge in [0.1, 0.15) is 11.2 Å². The van der Waals surface area contributed by atoms with Gasteiger partial charge in [-0.15, -0.1) is 0 Å². The number of amides is 1. The van der Waals surface area contributed by atoms with E-state index >= 15 is 0 Å². The molecular formula is C18H23N3O2. The molecule has 0 bridgehead atoms. The van der Waals surface area contributed by atoms with Gasteiger partial charge in [0.15, 0.2) is 0 Å². The zero-order valence-corrected chi connectivity index (χ0v) is 13.5. The molecule has 2 aromatic heterocycles. The minimum atomic E-state index is -0.329. The molecule has 1 aliphatic rings. The van der Waals surface area contributed by atoms with Crippen LogP contribution in [-0.4, -0.2) is 21.8 Å². The van der Waals surface area contributed by atoms with Gasteiger partial charge < -0.3 is 5.32 Å². The van der Waals surface area contributed by atoms with Crippen molar-refractivity contribution in [3.8, 4) is 0 Å². The molecule has 0 radical (unpaired) electrons. The van der Waals surface area contributed by atoms with E-state index in [1.807, 2.05) is 13.0 Å². The summed E-state index contributed by atoms with van der Waals surface area (Å²) in [7, 11) is 0. The monoisotopic (exact) mass is 313 g/mol. The van der Waals surface area contributed by atoms with Gasteiger partial charge in [-0.3, -0.25) is 14.0 Å². The average molecular weight is 313 g/mol. The predicted octanol–water partition coefficient (Wildman–Crippen LogP) is 2.70. The number of nitrogens with zero attached hydrogens (tertiary/aromatic N) is 2. The lowest BCUT2D eigenvalue weighted by Gasteiger charge is -2.09. The van der Waals surface area contributed by atoms with E-state index in [1.54, 1.807) is 12.3 Å². The molecule has 2 heterocycles. The first-order valence-corrected chi connectivity index (χ1v) is 8.41. The van der Waals surface area contributed by atoms with E-state index in [0.29, 0.717) is 12.2 Å². The van der Waals surface area contributed by atoms with Crippen LogP contribution in [0.5, 0.6) is 0 Å². The molecule has 0 saturated heterocycles. The Morgan fingerprint density at radius 1 is 1.35 bits per heavy atom. The van der Waals surface area contributed by atoms with Crippen LogP contribution in [0.2, 0.25) is 0 Å². The number of fused-ring (bicyclic) bond motifs is 1. The first kappa shape index (κ1) is 15.7. The summed E-state index contributed by atoms with van der Waals surface area (Å²) in [5.41, 5.74) is 1.30. The number of aryl methyl sites for hydroxylation is 1. The van der Waals surface area contributed by atoms with Crippen molar-refractivity contribution in [3.63, 3.8) is 0 Å². The standard InChI is InChI=1S/C18H23N3O2/c1-13-8-9-16-20-11-15(18(23)21(16)12-13)17(22)19-10-4-7-14-5-2-3-6-14/h8-9,11-12,14H,2-7,10H2,1H3,(H,19,22). The van der Waals surface area contributed by atoms with E-state index in [9.17, 15) is 9.59 Å². The van der Waals surface area contributed by atoms with Crippen LogP contribution in [0.25, 0.3) is 5.65 Å². The molecule has 23 heavy (non-hydrogen) atoms. The third-order valence-corrected chi connectivity index (χ3v) is 4.64. The highest BCUT2D eigenvalue weighted by molar-refractivity contribution is 5.93. The fraction of sp³-hybridized carbons (Fsp3) is 0.500. The lowest BCUT2D eigenvalue weighted by Crippen LogP contribution is -2.32. The number of nitrogens with one attached hydrogen (secondary N) is 1. The molecule has 1 saturated carbocycles. The second-order valence-electron chi connectivity index (χ2n) is 6.46. The minimum Gasteiger partial charge on any atom is -0.352 e. The van der Waals surface area contributed by atoms with Crippen LogP contribution in [0.4, 0.5) is 0 Å². The fourth-order valence-electron chi connectivity index (χ4n) is 3.33. The van der Waals surface area contributed by atoms with E-state index < -0.39 is 0 Å². The van der Waals surface area contributed by atoms with Crippen LogP contribution in [0.15, 0.2) is 29.3 Å². The Kier molecular flexibility index (Phi) is 4.74. The lowest BCUT2D eigenvalue weighted by atomic mass is 10.0. The number of aromatic nitrogens is 2. The van der Waals surface area contributed by atoms with Crippen LogP contribution >= 0.6 is 0 Å². The quantitative estimate of drug-likeness (QED) is 0.863. The number of carbonyl (C=O) groups is 1. The maximum absolute atomic E-state index is 12.4. The largest absolute Gasteiger partial charge is 0.352 e. The summed E-state index contributed by atoms with van der Waals surface area (Å²) >= 11 is 0. The summed E-state index contributed by atoms with van der Waals surface area (Å²) < 4.78 is 1.43. The highest BCUT2D eigenvalue weighted by Gasteiger charge is 2.15. The van der Waals surface area contributed by atoms with E-state index in [1.165, 1.54) is 36.3 Å². The summed E-state index contributed by atoms with van der Waals surface area (Å²) in [6.45, 7) is 2.52. The highest BCUT2D eigenvalue weighted by Crippen LogP contribution is 2.28. The third-order valence-electron chi connectivity index (χ3n) is 4.64. The van der Waals surface area contributed by atoms with Gasteiger partial charge in [0.05, 0.1) is 0 Å². The Bertz CT molecular complexity index is 760. The zero-order valence-electron chi connectivity index (χ0n) is 13.5. The normalized spacial score (nSPS) is 15.2. The van der Waals surface area contributed by atoms with Crippen molar-refractivity contribution in [2.45, 2.75) is 45.4 Å². The molecule has 5 nitrogen and oxygen atoms in total. The number of rotatable bonds is 5. The Morgan fingerprint density at radius 3 is 2.91 bits per heavy atom. The lowest BCUT2D eigenvalue weighted by molar-refractivity contribution is 0.0950. The van der Waals surface area contributed by atoms with Crippen molar-refractivity contribution in [2.75, 3.05) is 6.54 Å². The van der Waals surface area contributed by atoms with Gasteiger partial charge in [-0.1, -0.05) is 31.7 Å². The molecule has 0 unspecified atom stereocenters. The fourth-order valence-corrected chi connectivity index (χ4v) is 3.33. The van der Waals surface area contributed by atoms with Crippen molar-refractivity contribution in [1.82, 2.24) is 14.7 Å². The highest BCUT2D eigenvalue weighted by atomic mass is 16.2. The molecule has 5 heteroatoms. The van der Waals surface area contributed by atoms with Gasteiger partial charge in [-0.05, 0) is 37.3 Å². The first-order valence-electron chi connectivity index (χ1n) is 8.41. The number of pyridine rings is 1. The molecule has 0 spiro atoms. The predicted molar refractivity (Wildman–Crippen MR) is 89.7 cm³/mol. The second-order valence-corrected chi connectivity index (χ2v) is 6.46. The summed E-state index contributed by atoms with van der Waals surface area (Å²) in [6.07, 6.45) is 10.5. The van der Waals surface area contributed by atoms with Gasteiger partial charge in [0, 0.05) is 18.9 Å². The zero-order chi connectivity index (χ0) is 16.2. The van der Waals surface area contributed by atoms with E-state index in [4.69, 9.17) is 0 Å². The minimum absolute atomic E-state index is 0.106. The van der Waals surface area contributed by atoms with Crippen molar-refractivity contribution in [2.24, 2.45) is 5.92 Å². The van der Waals surface area contributed by atoms with Crippen molar-refractivity contribution in [3.05, 3.63) is 46.0 Å². The van der Waals surface area contributed by atoms with Gasteiger partial charge in [0.2, 0.25) is 0 Å². The number of hydrogen-bond acceptors (Lipinski definition) is 3. The van der Waals surface area contributed by atoms with Crippen LogP contribution in [0, 0.1) is 12.8 Å². The molecule has 1 fully saturated rings. The molecule has 2 aromatic rings. The van der Waals surface area contributed by atoms with Gasteiger partial charge >= 0.3 is 0 Å². The molecular weight excluding hydrogens is 290 g/mol. The molecule has 3 rings (SSSR count). The van der Waals surface area contributed by atoms with E-state index in [-0.39, 0.29) is 17.0 Å². The molecule has 1 N–H and O–H groups in total. The second kappa shape index (κ2) is 6.94. The molecule has 0 atom stereocenters.